The lowest BCUT2D eigenvalue weighted by atomic mass is 9.87. The van der Waals surface area contributed by atoms with Gasteiger partial charge >= 0.3 is 0 Å². The van der Waals surface area contributed by atoms with Gasteiger partial charge in [-0.05, 0) is 37.3 Å². The number of rotatable bonds is 8. The molecule has 0 fully saturated rings. The zero-order valence-corrected chi connectivity index (χ0v) is 10.8. The maximum Gasteiger partial charge on any atom is -0.00258 e. The van der Waals surface area contributed by atoms with Crippen LogP contribution in [0.5, 0.6) is 0 Å². The maximum atomic E-state index is 3.53. The van der Waals surface area contributed by atoms with Gasteiger partial charge < -0.3 is 5.32 Å². The van der Waals surface area contributed by atoms with E-state index in [1.165, 1.54) is 25.8 Å². The Kier molecular flexibility index (Phi) is 8.26. The van der Waals surface area contributed by atoms with Gasteiger partial charge in [0, 0.05) is 0 Å². The molecule has 0 aromatic carbocycles. The van der Waals surface area contributed by atoms with Crippen molar-refractivity contribution in [3.05, 3.63) is 0 Å². The molecular weight excluding hydrogens is 170 g/mol. The van der Waals surface area contributed by atoms with Gasteiger partial charge in [-0.2, -0.15) is 0 Å². The second-order valence-electron chi connectivity index (χ2n) is 4.94. The molecule has 0 bridgehead atoms. The molecule has 1 nitrogen and oxygen atoms in total. The van der Waals surface area contributed by atoms with Gasteiger partial charge in [0.15, 0.2) is 0 Å². The lowest BCUT2D eigenvalue weighted by Gasteiger charge is -2.21. The molecule has 0 saturated carbocycles. The molecule has 0 heterocycles. The van der Waals surface area contributed by atoms with Crippen molar-refractivity contribution in [3.63, 3.8) is 0 Å². The zero-order valence-electron chi connectivity index (χ0n) is 10.8. The highest BCUT2D eigenvalue weighted by molar-refractivity contribution is 4.65. The smallest absolute Gasteiger partial charge is 0.00258 e. The molecule has 0 aliphatic carbocycles. The Bertz CT molecular complexity index is 120. The van der Waals surface area contributed by atoms with Crippen LogP contribution in [0.15, 0.2) is 0 Å². The average Bonchev–Trinajstić information content (AvgIpc) is 2.16. The molecule has 1 N–H and O–H groups in total. The lowest BCUT2D eigenvalue weighted by Crippen LogP contribution is -2.24. The Morgan fingerprint density at radius 1 is 1.00 bits per heavy atom. The van der Waals surface area contributed by atoms with Crippen molar-refractivity contribution >= 4 is 0 Å². The topological polar surface area (TPSA) is 12.0 Å². The predicted molar refractivity (Wildman–Crippen MR) is 65.6 cm³/mol. The van der Waals surface area contributed by atoms with Crippen LogP contribution in [0.4, 0.5) is 0 Å². The monoisotopic (exact) mass is 199 g/mol. The molecule has 0 aromatic heterocycles. The third-order valence-electron chi connectivity index (χ3n) is 3.22. The summed E-state index contributed by atoms with van der Waals surface area (Å²) in [5, 5.41) is 3.53. The lowest BCUT2D eigenvalue weighted by molar-refractivity contribution is 0.311. The molecule has 86 valence electrons. The van der Waals surface area contributed by atoms with Crippen molar-refractivity contribution in [1.82, 2.24) is 5.32 Å². The van der Waals surface area contributed by atoms with Crippen LogP contribution in [-0.4, -0.2) is 13.1 Å². The Balaban J connectivity index is 3.52. The van der Waals surface area contributed by atoms with E-state index in [1.807, 2.05) is 0 Å². The summed E-state index contributed by atoms with van der Waals surface area (Å²) < 4.78 is 0. The number of hydrogen-bond donors (Lipinski definition) is 1. The Morgan fingerprint density at radius 3 is 2.07 bits per heavy atom. The van der Waals surface area contributed by atoms with Gasteiger partial charge in [-0.25, -0.2) is 0 Å². The van der Waals surface area contributed by atoms with Crippen LogP contribution >= 0.6 is 0 Å². The van der Waals surface area contributed by atoms with Gasteiger partial charge in [0.1, 0.15) is 0 Å². The summed E-state index contributed by atoms with van der Waals surface area (Å²) in [7, 11) is 0. The second-order valence-corrected chi connectivity index (χ2v) is 4.94. The van der Waals surface area contributed by atoms with E-state index < -0.39 is 0 Å². The van der Waals surface area contributed by atoms with Crippen LogP contribution < -0.4 is 5.32 Å². The highest BCUT2D eigenvalue weighted by atomic mass is 14.8. The van der Waals surface area contributed by atoms with Crippen LogP contribution in [0.3, 0.4) is 0 Å². The Labute approximate surface area is 90.7 Å². The summed E-state index contributed by atoms with van der Waals surface area (Å²) in [6.07, 6.45) is 4.00. The van der Waals surface area contributed by atoms with Gasteiger partial charge in [0.05, 0.1) is 0 Å². The Morgan fingerprint density at radius 2 is 1.64 bits per heavy atom. The SMILES string of the molecule is CCC(C)C(CC)CCNCC(C)C. The van der Waals surface area contributed by atoms with Crippen LogP contribution in [0.2, 0.25) is 0 Å². The van der Waals surface area contributed by atoms with E-state index in [9.17, 15) is 0 Å². The van der Waals surface area contributed by atoms with Crippen molar-refractivity contribution < 1.29 is 0 Å². The van der Waals surface area contributed by atoms with Crippen LogP contribution in [0.25, 0.3) is 0 Å². The van der Waals surface area contributed by atoms with Crippen molar-refractivity contribution in [1.29, 1.82) is 0 Å². The van der Waals surface area contributed by atoms with Crippen molar-refractivity contribution in [3.8, 4) is 0 Å². The fourth-order valence-electron chi connectivity index (χ4n) is 1.90. The zero-order chi connectivity index (χ0) is 11.0. The van der Waals surface area contributed by atoms with Crippen molar-refractivity contribution in [2.24, 2.45) is 17.8 Å². The van der Waals surface area contributed by atoms with E-state index in [2.05, 4.69) is 39.9 Å². The van der Waals surface area contributed by atoms with E-state index in [-0.39, 0.29) is 0 Å². The molecule has 14 heavy (non-hydrogen) atoms. The summed E-state index contributed by atoms with van der Waals surface area (Å²) in [5.41, 5.74) is 0. The molecule has 2 unspecified atom stereocenters. The Hall–Kier alpha value is -0.0400. The largest absolute Gasteiger partial charge is 0.316 e. The van der Waals surface area contributed by atoms with Gasteiger partial charge in [0.25, 0.3) is 0 Å². The number of nitrogens with one attached hydrogen (secondary N) is 1. The first-order chi connectivity index (χ1) is 6.61. The first-order valence-corrected chi connectivity index (χ1v) is 6.32. The van der Waals surface area contributed by atoms with E-state index in [4.69, 9.17) is 0 Å². The number of hydrogen-bond acceptors (Lipinski definition) is 1. The summed E-state index contributed by atoms with van der Waals surface area (Å²) in [4.78, 5) is 0. The standard InChI is InChI=1S/C13H29N/c1-6-12(5)13(7-2)8-9-14-10-11(3)4/h11-14H,6-10H2,1-5H3. The minimum absolute atomic E-state index is 0.777. The predicted octanol–water partition coefficient (Wildman–Crippen LogP) is 3.69. The third kappa shape index (κ3) is 6.42. The van der Waals surface area contributed by atoms with Gasteiger partial charge in [0.2, 0.25) is 0 Å². The molecule has 0 aliphatic heterocycles. The third-order valence-corrected chi connectivity index (χ3v) is 3.22. The molecule has 0 radical (unpaired) electrons. The summed E-state index contributed by atoms with van der Waals surface area (Å²) in [6.45, 7) is 13.9. The molecule has 0 aromatic rings. The second kappa shape index (κ2) is 8.28. The van der Waals surface area contributed by atoms with Crippen LogP contribution in [-0.2, 0) is 0 Å². The fourth-order valence-corrected chi connectivity index (χ4v) is 1.90. The molecule has 0 saturated heterocycles. The van der Waals surface area contributed by atoms with E-state index in [0.717, 1.165) is 24.3 Å². The summed E-state index contributed by atoms with van der Waals surface area (Å²) in [5.74, 6) is 2.58. The van der Waals surface area contributed by atoms with E-state index in [0.29, 0.717) is 0 Å². The summed E-state index contributed by atoms with van der Waals surface area (Å²) >= 11 is 0. The molecule has 0 rings (SSSR count). The minimum Gasteiger partial charge on any atom is -0.316 e. The first kappa shape index (κ1) is 14.0. The van der Waals surface area contributed by atoms with E-state index >= 15 is 0 Å². The quantitative estimate of drug-likeness (QED) is 0.588. The average molecular weight is 199 g/mol. The highest BCUT2D eigenvalue weighted by Gasteiger charge is 2.12. The molecular formula is C13H29N. The van der Waals surface area contributed by atoms with Crippen molar-refractivity contribution in [2.75, 3.05) is 13.1 Å². The summed E-state index contributed by atoms with van der Waals surface area (Å²) in [6, 6.07) is 0. The van der Waals surface area contributed by atoms with Crippen LogP contribution in [0.1, 0.15) is 53.9 Å². The normalized spacial score (nSPS) is 15.9. The van der Waals surface area contributed by atoms with Gasteiger partial charge in [-0.3, -0.25) is 0 Å². The van der Waals surface area contributed by atoms with Gasteiger partial charge in [-0.1, -0.05) is 47.5 Å². The minimum atomic E-state index is 0.777. The molecule has 2 atom stereocenters. The van der Waals surface area contributed by atoms with Gasteiger partial charge in [-0.15, -0.1) is 0 Å². The molecule has 0 amide bonds. The molecule has 0 spiro atoms. The van der Waals surface area contributed by atoms with Crippen molar-refractivity contribution in [2.45, 2.75) is 53.9 Å². The highest BCUT2D eigenvalue weighted by Crippen LogP contribution is 2.21. The van der Waals surface area contributed by atoms with Crippen LogP contribution in [0, 0.1) is 17.8 Å². The molecule has 0 aliphatic rings. The van der Waals surface area contributed by atoms with E-state index in [1.54, 1.807) is 0 Å². The fraction of sp³-hybridized carbons (Fsp3) is 1.00. The molecule has 1 heteroatoms. The maximum absolute atomic E-state index is 3.53. The first-order valence-electron chi connectivity index (χ1n) is 6.32.